The van der Waals surface area contributed by atoms with Crippen molar-refractivity contribution in [2.45, 2.75) is 13.0 Å². The second-order valence-corrected chi connectivity index (χ2v) is 5.16. The summed E-state index contributed by atoms with van der Waals surface area (Å²) in [4.78, 5) is 4.41. The molecule has 0 radical (unpaired) electrons. The van der Waals surface area contributed by atoms with Crippen molar-refractivity contribution in [3.05, 3.63) is 70.5 Å². The predicted molar refractivity (Wildman–Crippen MR) is 81.9 cm³/mol. The summed E-state index contributed by atoms with van der Waals surface area (Å²) < 4.78 is 5.30. The van der Waals surface area contributed by atoms with E-state index in [1.165, 1.54) is 0 Å². The van der Waals surface area contributed by atoms with Gasteiger partial charge in [0.05, 0.1) is 0 Å². The van der Waals surface area contributed by atoms with E-state index in [1.807, 2.05) is 48.5 Å². The quantitative estimate of drug-likeness (QED) is 0.801. The van der Waals surface area contributed by atoms with Gasteiger partial charge < -0.3 is 10.3 Å². The Labute approximate surface area is 127 Å². The zero-order valence-electron chi connectivity index (χ0n) is 11.3. The molecule has 1 aromatic heterocycles. The maximum Gasteiger partial charge on any atom is 0.257 e. The van der Waals surface area contributed by atoms with Gasteiger partial charge in [0.1, 0.15) is 0 Å². The fourth-order valence-corrected chi connectivity index (χ4v) is 2.27. The van der Waals surface area contributed by atoms with E-state index in [1.54, 1.807) is 0 Å². The van der Waals surface area contributed by atoms with Gasteiger partial charge in [-0.1, -0.05) is 41.0 Å². The molecule has 0 aliphatic heterocycles. The molecule has 2 N–H and O–H groups in total. The second-order valence-electron chi connectivity index (χ2n) is 4.72. The van der Waals surface area contributed by atoms with Crippen molar-refractivity contribution < 1.29 is 4.52 Å². The molecule has 0 saturated heterocycles. The molecule has 5 heteroatoms. The molecule has 0 aliphatic carbocycles. The van der Waals surface area contributed by atoms with Crippen LogP contribution in [0, 0.1) is 0 Å². The van der Waals surface area contributed by atoms with Gasteiger partial charge in [-0.15, -0.1) is 0 Å². The molecule has 4 nitrogen and oxygen atoms in total. The van der Waals surface area contributed by atoms with Gasteiger partial charge in [-0.2, -0.15) is 4.98 Å². The van der Waals surface area contributed by atoms with Crippen molar-refractivity contribution in [2.24, 2.45) is 5.73 Å². The highest BCUT2D eigenvalue weighted by Crippen LogP contribution is 2.19. The van der Waals surface area contributed by atoms with Gasteiger partial charge in [0.15, 0.2) is 5.82 Å². The van der Waals surface area contributed by atoms with Crippen LogP contribution in [0.25, 0.3) is 11.5 Å². The van der Waals surface area contributed by atoms with E-state index >= 15 is 0 Å². The van der Waals surface area contributed by atoms with Crippen molar-refractivity contribution in [3.63, 3.8) is 0 Å². The van der Waals surface area contributed by atoms with Crippen LogP contribution in [-0.2, 0) is 13.0 Å². The molecule has 0 amide bonds. The third-order valence-electron chi connectivity index (χ3n) is 3.16. The first-order valence-corrected chi connectivity index (χ1v) is 6.99. The lowest BCUT2D eigenvalue weighted by Crippen LogP contribution is -1.95. The Morgan fingerprint density at radius 1 is 1.05 bits per heavy atom. The van der Waals surface area contributed by atoms with Crippen molar-refractivity contribution in [1.29, 1.82) is 0 Å². The molecular formula is C16H14ClN3O. The lowest BCUT2D eigenvalue weighted by atomic mass is 10.1. The first kappa shape index (κ1) is 13.8. The number of hydrogen-bond donors (Lipinski definition) is 1. The fraction of sp³-hybridized carbons (Fsp3) is 0.125. The number of nitrogens with zero attached hydrogens (tertiary/aromatic N) is 2. The molecule has 3 rings (SSSR count). The van der Waals surface area contributed by atoms with Gasteiger partial charge in [-0.3, -0.25) is 0 Å². The first-order valence-electron chi connectivity index (χ1n) is 6.61. The van der Waals surface area contributed by atoms with Crippen molar-refractivity contribution in [2.75, 3.05) is 0 Å². The minimum Gasteiger partial charge on any atom is -0.334 e. The van der Waals surface area contributed by atoms with E-state index in [-0.39, 0.29) is 0 Å². The first-order chi connectivity index (χ1) is 10.2. The highest BCUT2D eigenvalue weighted by atomic mass is 35.5. The molecule has 0 fully saturated rings. The van der Waals surface area contributed by atoms with Gasteiger partial charge in [0.25, 0.3) is 5.89 Å². The Hall–Kier alpha value is -2.17. The highest BCUT2D eigenvalue weighted by molar-refractivity contribution is 6.30. The van der Waals surface area contributed by atoms with Crippen LogP contribution in [0.2, 0.25) is 5.02 Å². The van der Waals surface area contributed by atoms with Crippen molar-refractivity contribution >= 4 is 11.6 Å². The highest BCUT2D eigenvalue weighted by Gasteiger charge is 2.09. The zero-order valence-corrected chi connectivity index (χ0v) is 12.0. The Morgan fingerprint density at radius 3 is 2.57 bits per heavy atom. The number of rotatable bonds is 4. The zero-order chi connectivity index (χ0) is 14.7. The maximum atomic E-state index is 5.97. The normalized spacial score (nSPS) is 10.8. The lowest BCUT2D eigenvalue weighted by Gasteiger charge is -1.97. The Morgan fingerprint density at radius 2 is 1.86 bits per heavy atom. The lowest BCUT2D eigenvalue weighted by molar-refractivity contribution is 0.424. The van der Waals surface area contributed by atoms with Crippen LogP contribution in [0.15, 0.2) is 53.1 Å². The molecule has 3 aromatic rings. The molecule has 2 aromatic carbocycles. The van der Waals surface area contributed by atoms with Crippen LogP contribution in [0.1, 0.15) is 17.0 Å². The minimum absolute atomic E-state index is 0.510. The Balaban J connectivity index is 1.79. The van der Waals surface area contributed by atoms with Gasteiger partial charge in [-0.05, 0) is 35.4 Å². The summed E-state index contributed by atoms with van der Waals surface area (Å²) in [7, 11) is 0. The summed E-state index contributed by atoms with van der Waals surface area (Å²) in [5.41, 5.74) is 8.58. The molecule has 21 heavy (non-hydrogen) atoms. The summed E-state index contributed by atoms with van der Waals surface area (Å²) in [6.45, 7) is 0.518. The van der Waals surface area contributed by atoms with Gasteiger partial charge in [-0.25, -0.2) is 0 Å². The molecule has 0 bridgehead atoms. The third-order valence-corrected chi connectivity index (χ3v) is 3.39. The molecule has 0 aliphatic rings. The Kier molecular flexibility index (Phi) is 3.99. The average Bonchev–Trinajstić information content (AvgIpc) is 2.96. The molecule has 1 heterocycles. The van der Waals surface area contributed by atoms with Crippen LogP contribution in [0.5, 0.6) is 0 Å². The van der Waals surface area contributed by atoms with Gasteiger partial charge in [0.2, 0.25) is 0 Å². The molecular weight excluding hydrogens is 286 g/mol. The van der Waals surface area contributed by atoms with Gasteiger partial charge in [0, 0.05) is 23.6 Å². The molecule has 0 saturated carbocycles. The summed E-state index contributed by atoms with van der Waals surface area (Å²) >= 11 is 5.97. The number of halogens is 1. The van der Waals surface area contributed by atoms with Crippen LogP contribution >= 0.6 is 11.6 Å². The van der Waals surface area contributed by atoms with Crippen molar-refractivity contribution in [1.82, 2.24) is 10.1 Å². The van der Waals surface area contributed by atoms with Crippen molar-refractivity contribution in [3.8, 4) is 11.5 Å². The standard InChI is InChI=1S/C16H14ClN3O/c17-14-3-1-2-12(8-14)9-15-19-16(21-20-15)13-6-4-11(10-18)5-7-13/h1-8H,9-10,18H2. The monoisotopic (exact) mass is 299 g/mol. The maximum absolute atomic E-state index is 5.97. The summed E-state index contributed by atoms with van der Waals surface area (Å²) in [5.74, 6) is 1.14. The van der Waals surface area contributed by atoms with Crippen LogP contribution in [0.3, 0.4) is 0 Å². The minimum atomic E-state index is 0.510. The van der Waals surface area contributed by atoms with E-state index < -0.39 is 0 Å². The summed E-state index contributed by atoms with van der Waals surface area (Å²) in [6.07, 6.45) is 0.588. The van der Waals surface area contributed by atoms with E-state index in [0.717, 1.165) is 16.7 Å². The number of aromatic nitrogens is 2. The molecule has 0 unspecified atom stereocenters. The molecule has 0 atom stereocenters. The number of nitrogens with two attached hydrogens (primary N) is 1. The topological polar surface area (TPSA) is 64.9 Å². The molecule has 106 valence electrons. The second kappa shape index (κ2) is 6.08. The van der Waals surface area contributed by atoms with Crippen LogP contribution in [0.4, 0.5) is 0 Å². The van der Waals surface area contributed by atoms with E-state index in [4.69, 9.17) is 21.9 Å². The Bertz CT molecular complexity index is 737. The summed E-state index contributed by atoms with van der Waals surface area (Å²) in [5, 5.41) is 4.71. The van der Waals surface area contributed by atoms with Crippen LogP contribution in [-0.4, -0.2) is 10.1 Å². The predicted octanol–water partition coefficient (Wildman–Crippen LogP) is 3.44. The number of hydrogen-bond acceptors (Lipinski definition) is 4. The van der Waals surface area contributed by atoms with Crippen LogP contribution < -0.4 is 5.73 Å². The van der Waals surface area contributed by atoms with Gasteiger partial charge >= 0.3 is 0 Å². The fourth-order valence-electron chi connectivity index (χ4n) is 2.06. The third kappa shape index (κ3) is 3.29. The SMILES string of the molecule is NCc1ccc(-c2nc(Cc3cccc(Cl)c3)no2)cc1. The van der Waals surface area contributed by atoms with E-state index in [9.17, 15) is 0 Å². The largest absolute Gasteiger partial charge is 0.334 e. The average molecular weight is 300 g/mol. The smallest absolute Gasteiger partial charge is 0.257 e. The molecule has 0 spiro atoms. The van der Waals surface area contributed by atoms with E-state index in [0.29, 0.717) is 29.7 Å². The van der Waals surface area contributed by atoms with E-state index in [2.05, 4.69) is 10.1 Å². The summed E-state index contributed by atoms with van der Waals surface area (Å²) in [6, 6.07) is 15.4. The number of benzene rings is 2.